The van der Waals surface area contributed by atoms with Gasteiger partial charge in [-0.15, -0.1) is 0 Å². The molecule has 3 nitrogen and oxygen atoms in total. The van der Waals surface area contributed by atoms with E-state index in [4.69, 9.17) is 13.0 Å². The summed E-state index contributed by atoms with van der Waals surface area (Å²) in [5.41, 5.74) is 3.01. The van der Waals surface area contributed by atoms with Gasteiger partial charge < -0.3 is 10.1 Å². The lowest BCUT2D eigenvalue weighted by Gasteiger charge is -2.22. The van der Waals surface area contributed by atoms with E-state index < -0.39 is 5.97 Å². The van der Waals surface area contributed by atoms with Crippen LogP contribution in [-0.2, 0) is 0 Å². The highest BCUT2D eigenvalue weighted by atomic mass is 16.4. The largest absolute Gasteiger partial charge is 0.478 e. The van der Waals surface area contributed by atoms with Gasteiger partial charge in [-0.1, -0.05) is 25.3 Å². The van der Waals surface area contributed by atoms with Gasteiger partial charge in [0.05, 0.1) is 5.56 Å². The van der Waals surface area contributed by atoms with E-state index in [0.717, 1.165) is 10.9 Å². The van der Waals surface area contributed by atoms with E-state index >= 15 is 0 Å². The molecule has 0 bridgehead atoms. The molecule has 19 heavy (non-hydrogen) atoms. The van der Waals surface area contributed by atoms with Crippen molar-refractivity contribution in [1.29, 1.82) is 0 Å². The summed E-state index contributed by atoms with van der Waals surface area (Å²) in [5.74, 6) is -0.396. The monoisotopic (exact) mass is 253 g/mol. The molecule has 0 spiro atoms. The number of aromatic nitrogens is 1. The van der Waals surface area contributed by atoms with Crippen molar-refractivity contribution < 1.29 is 9.90 Å². The first-order chi connectivity index (χ1) is 9.16. The molecule has 0 unspecified atom stereocenters. The van der Waals surface area contributed by atoms with Gasteiger partial charge in [-0.3, -0.25) is 0 Å². The molecular weight excluding hydrogens is 237 g/mol. The van der Waals surface area contributed by atoms with Gasteiger partial charge in [-0.05, 0) is 42.0 Å². The first-order valence-electron chi connectivity index (χ1n) is 6.81. The first-order valence-corrected chi connectivity index (χ1v) is 6.81. The summed E-state index contributed by atoms with van der Waals surface area (Å²) in [7, 11) is 6.11. The van der Waals surface area contributed by atoms with Crippen molar-refractivity contribution in [2.75, 3.05) is 0 Å². The third-order valence-corrected chi connectivity index (χ3v) is 4.13. The number of H-pyrrole nitrogens is 1. The zero-order chi connectivity index (χ0) is 13.4. The fourth-order valence-electron chi connectivity index (χ4n) is 3.20. The van der Waals surface area contributed by atoms with Crippen molar-refractivity contribution in [1.82, 2.24) is 4.98 Å². The van der Waals surface area contributed by atoms with Crippen LogP contribution in [-0.4, -0.2) is 23.9 Å². The molecular formula is C15H16BNO2. The molecule has 0 amide bonds. The number of aromatic carboxylic acids is 1. The summed E-state index contributed by atoms with van der Waals surface area (Å²) < 4.78 is 0. The Morgan fingerprint density at radius 2 is 2.00 bits per heavy atom. The normalized spacial score (nSPS) is 16.8. The van der Waals surface area contributed by atoms with Gasteiger partial charge in [0.25, 0.3) is 0 Å². The number of hydrogen-bond donors (Lipinski definition) is 2. The number of carboxylic acids is 1. The van der Waals surface area contributed by atoms with Gasteiger partial charge in [0.1, 0.15) is 7.85 Å². The van der Waals surface area contributed by atoms with Crippen molar-refractivity contribution in [3.8, 4) is 0 Å². The van der Waals surface area contributed by atoms with Crippen LogP contribution in [0, 0.1) is 0 Å². The second-order valence-electron chi connectivity index (χ2n) is 5.35. The van der Waals surface area contributed by atoms with Gasteiger partial charge in [-0.2, -0.15) is 0 Å². The molecule has 2 radical (unpaired) electrons. The maximum Gasteiger partial charge on any atom is 0.335 e. The standard InChI is InChI=1S/C15H16BNO2/c16-14-13(9-4-2-1-3-5-9)11-7-6-10(15(18)19)8-12(11)17-14/h6-9,17H,1-5H2,(H,18,19). The molecule has 1 aromatic heterocycles. The third-order valence-electron chi connectivity index (χ3n) is 4.13. The lowest BCUT2D eigenvalue weighted by Crippen LogP contribution is -2.15. The lowest BCUT2D eigenvalue weighted by atomic mass is 9.80. The van der Waals surface area contributed by atoms with Crippen LogP contribution in [0.5, 0.6) is 0 Å². The van der Waals surface area contributed by atoms with Crippen molar-refractivity contribution in [2.24, 2.45) is 0 Å². The topological polar surface area (TPSA) is 53.1 Å². The average Bonchev–Trinajstić information content (AvgIpc) is 2.74. The van der Waals surface area contributed by atoms with Gasteiger partial charge in [0.15, 0.2) is 0 Å². The Hall–Kier alpha value is -1.71. The number of fused-ring (bicyclic) bond motifs is 1. The number of benzene rings is 1. The number of aromatic amines is 1. The molecule has 1 aliphatic rings. The number of hydrogen-bond acceptors (Lipinski definition) is 1. The zero-order valence-corrected chi connectivity index (χ0v) is 10.8. The highest BCUT2D eigenvalue weighted by Crippen LogP contribution is 2.35. The molecule has 2 aromatic rings. The minimum Gasteiger partial charge on any atom is -0.478 e. The number of carbonyl (C=O) groups is 1. The minimum atomic E-state index is -0.908. The fourth-order valence-corrected chi connectivity index (χ4v) is 3.20. The number of nitrogens with one attached hydrogen (secondary N) is 1. The van der Waals surface area contributed by atoms with Crippen LogP contribution in [0.4, 0.5) is 0 Å². The highest BCUT2D eigenvalue weighted by Gasteiger charge is 2.21. The van der Waals surface area contributed by atoms with E-state index in [1.165, 1.54) is 37.7 Å². The van der Waals surface area contributed by atoms with E-state index in [0.29, 0.717) is 17.1 Å². The summed E-state index contributed by atoms with van der Waals surface area (Å²) >= 11 is 0. The molecule has 2 N–H and O–H groups in total. The Bertz CT molecular complexity index is 626. The SMILES string of the molecule is [B]c1[nH]c2cc(C(=O)O)ccc2c1C1CCCCC1. The van der Waals surface area contributed by atoms with Crippen LogP contribution in [0.2, 0.25) is 0 Å². The Morgan fingerprint density at radius 3 is 2.68 bits per heavy atom. The smallest absolute Gasteiger partial charge is 0.335 e. The predicted octanol–water partition coefficient (Wildman–Crippen LogP) is 2.71. The molecule has 1 aliphatic carbocycles. The molecule has 0 atom stereocenters. The summed E-state index contributed by atoms with van der Waals surface area (Å²) in [4.78, 5) is 14.1. The minimum absolute atomic E-state index is 0.295. The second-order valence-corrected chi connectivity index (χ2v) is 5.35. The van der Waals surface area contributed by atoms with Gasteiger partial charge >= 0.3 is 5.97 Å². The molecule has 1 saturated carbocycles. The van der Waals surface area contributed by atoms with E-state index in [1.54, 1.807) is 12.1 Å². The van der Waals surface area contributed by atoms with Crippen LogP contribution in [0.1, 0.15) is 53.9 Å². The Labute approximate surface area is 113 Å². The summed E-state index contributed by atoms with van der Waals surface area (Å²) in [6.45, 7) is 0. The van der Waals surface area contributed by atoms with Crippen LogP contribution in [0.15, 0.2) is 18.2 Å². The van der Waals surface area contributed by atoms with Crippen molar-refractivity contribution in [3.63, 3.8) is 0 Å². The lowest BCUT2D eigenvalue weighted by molar-refractivity contribution is 0.0697. The van der Waals surface area contributed by atoms with Crippen molar-refractivity contribution in [2.45, 2.75) is 38.0 Å². The molecule has 1 heterocycles. The third kappa shape index (κ3) is 2.16. The van der Waals surface area contributed by atoms with Gasteiger partial charge in [-0.25, -0.2) is 4.79 Å². The predicted molar refractivity (Wildman–Crippen MR) is 76.5 cm³/mol. The summed E-state index contributed by atoms with van der Waals surface area (Å²) in [6.07, 6.45) is 6.17. The van der Waals surface area contributed by atoms with E-state index in [2.05, 4.69) is 4.98 Å². The van der Waals surface area contributed by atoms with Crippen LogP contribution in [0.25, 0.3) is 10.9 Å². The van der Waals surface area contributed by atoms with Gasteiger partial charge in [0.2, 0.25) is 0 Å². The Morgan fingerprint density at radius 1 is 1.26 bits per heavy atom. The number of carboxylic acid groups (broad SMARTS) is 1. The van der Waals surface area contributed by atoms with Crippen LogP contribution < -0.4 is 5.59 Å². The molecule has 4 heteroatoms. The average molecular weight is 253 g/mol. The van der Waals surface area contributed by atoms with E-state index in [1.807, 2.05) is 6.07 Å². The Balaban J connectivity index is 2.09. The zero-order valence-electron chi connectivity index (χ0n) is 10.8. The first kappa shape index (κ1) is 12.3. The molecule has 96 valence electrons. The van der Waals surface area contributed by atoms with Crippen molar-refractivity contribution in [3.05, 3.63) is 29.3 Å². The Kier molecular flexibility index (Phi) is 3.09. The van der Waals surface area contributed by atoms with E-state index in [-0.39, 0.29) is 0 Å². The van der Waals surface area contributed by atoms with Crippen LogP contribution >= 0.6 is 0 Å². The van der Waals surface area contributed by atoms with Crippen LogP contribution in [0.3, 0.4) is 0 Å². The van der Waals surface area contributed by atoms with Gasteiger partial charge in [0, 0.05) is 10.9 Å². The maximum atomic E-state index is 11.0. The summed E-state index contributed by atoms with van der Waals surface area (Å²) in [5, 5.41) is 10.1. The molecule has 0 saturated heterocycles. The summed E-state index contributed by atoms with van der Waals surface area (Å²) in [6, 6.07) is 5.21. The van der Waals surface area contributed by atoms with E-state index in [9.17, 15) is 4.79 Å². The highest BCUT2D eigenvalue weighted by molar-refractivity contribution is 6.33. The molecule has 1 aromatic carbocycles. The molecule has 1 fully saturated rings. The fraction of sp³-hybridized carbons (Fsp3) is 0.400. The quantitative estimate of drug-likeness (QED) is 0.808. The van der Waals surface area contributed by atoms with Crippen molar-refractivity contribution >= 4 is 30.3 Å². The molecule has 3 rings (SSSR count). The second kappa shape index (κ2) is 4.76. The number of rotatable bonds is 2. The molecule has 0 aliphatic heterocycles. The maximum absolute atomic E-state index is 11.0.